The standard InChI is InChI=1S/C32H48N4O6.2Rb/c1-4-9-26(28(37)5-2)10-6-7-17-33-29(38)11-8-20-42-21-18-34-30(39)23-31(40)35-27-14-12-25(13-15-27)22-32(41)36-19-16-24(36)3;;/h12-15,26H,3-11,16-23H2,1-2H3,(H3,33,34,35,38,39,40);;/q;2*+1/p-2. The van der Waals surface area contributed by atoms with Gasteiger partial charge in [-0.2, -0.15) is 0 Å². The summed E-state index contributed by atoms with van der Waals surface area (Å²) in [6, 6.07) is 6.76. The van der Waals surface area contributed by atoms with Gasteiger partial charge in [0.15, 0.2) is 0 Å². The van der Waals surface area contributed by atoms with Gasteiger partial charge < -0.3 is 35.2 Å². The minimum atomic E-state index is -0.591. The van der Waals surface area contributed by atoms with Gasteiger partial charge in [0.05, 0.1) is 18.2 Å². The molecule has 1 unspecified atom stereocenters. The maximum absolute atomic E-state index is 12.2. The fourth-order valence-electron chi connectivity index (χ4n) is 4.62. The molecule has 0 bridgehead atoms. The summed E-state index contributed by atoms with van der Waals surface area (Å²) < 4.78 is 5.43. The molecular formula is C32H46N4O6Rb2. The first-order valence-corrected chi connectivity index (χ1v) is 15.1. The number of ketones is 1. The molecule has 232 valence electrons. The van der Waals surface area contributed by atoms with Gasteiger partial charge in [-0.05, 0) is 31.2 Å². The number of carbonyl (C=O) groups is 5. The van der Waals surface area contributed by atoms with Crippen molar-refractivity contribution >= 4 is 35.1 Å². The van der Waals surface area contributed by atoms with Crippen molar-refractivity contribution in [3.8, 4) is 0 Å². The van der Waals surface area contributed by atoms with Gasteiger partial charge in [0, 0.05) is 63.6 Å². The Hall–Kier alpha value is 0.0804. The minimum Gasteiger partial charge on any atom is -0.651 e. The van der Waals surface area contributed by atoms with Gasteiger partial charge in [-0.15, -0.1) is 12.2 Å². The van der Waals surface area contributed by atoms with Crippen LogP contribution in [0, 0.1) is 5.92 Å². The maximum atomic E-state index is 12.2. The van der Waals surface area contributed by atoms with Crippen molar-refractivity contribution in [1.29, 1.82) is 0 Å². The van der Waals surface area contributed by atoms with E-state index in [-0.39, 0.29) is 154 Å². The first kappa shape index (κ1) is 44.1. The zero-order valence-corrected chi connectivity index (χ0v) is 37.0. The molecule has 1 heterocycles. The minimum absolute atomic E-state index is 0. The molecule has 2 rings (SSSR count). The van der Waals surface area contributed by atoms with E-state index in [1.807, 2.05) is 6.92 Å². The molecule has 0 radical (unpaired) electrons. The van der Waals surface area contributed by atoms with Crippen LogP contribution in [-0.2, 0) is 35.1 Å². The van der Waals surface area contributed by atoms with Crippen LogP contribution >= 0.6 is 0 Å². The molecule has 1 aliphatic rings. The molecule has 1 atom stereocenters. The van der Waals surface area contributed by atoms with Gasteiger partial charge in [-0.3, -0.25) is 14.4 Å². The van der Waals surface area contributed by atoms with Crippen molar-refractivity contribution < 1.29 is 145 Å². The van der Waals surface area contributed by atoms with Crippen molar-refractivity contribution in [2.45, 2.75) is 84.5 Å². The summed E-state index contributed by atoms with van der Waals surface area (Å²) >= 11 is 0. The number of amides is 4. The summed E-state index contributed by atoms with van der Waals surface area (Å²) in [5.74, 6) is -0.711. The number of nitrogens with one attached hydrogen (secondary N) is 1. The number of benzene rings is 1. The summed E-state index contributed by atoms with van der Waals surface area (Å²) in [7, 11) is 0. The van der Waals surface area contributed by atoms with Gasteiger partial charge in [-0.25, -0.2) is 0 Å². The molecule has 1 saturated heterocycles. The Morgan fingerprint density at radius 1 is 0.977 bits per heavy atom. The molecule has 10 nitrogen and oxygen atoms in total. The normalized spacial score (nSPS) is 12.6. The molecule has 0 saturated carbocycles. The Kier molecular flexibility index (Phi) is 26.1. The molecule has 1 fully saturated rings. The molecular weight excluding hydrogens is 707 g/mol. The number of likely N-dealkylation sites (tertiary alicyclic amines) is 1. The number of unbranched alkanes of at least 4 members (excludes halogenated alkanes) is 1. The fourth-order valence-corrected chi connectivity index (χ4v) is 4.62. The zero-order valence-electron chi connectivity index (χ0n) is 27.2. The molecule has 4 amide bonds. The first-order chi connectivity index (χ1) is 20.2. The number of hydrogen-bond acceptors (Lipinski definition) is 6. The van der Waals surface area contributed by atoms with Crippen molar-refractivity contribution in [3.05, 3.63) is 52.7 Å². The van der Waals surface area contributed by atoms with E-state index in [1.54, 1.807) is 29.2 Å². The predicted octanol–water partition coefficient (Wildman–Crippen LogP) is -0.716. The van der Waals surface area contributed by atoms with Crippen molar-refractivity contribution in [3.63, 3.8) is 0 Å². The fraction of sp³-hybridized carbons (Fsp3) is 0.594. The third-order valence-electron chi connectivity index (χ3n) is 7.11. The Labute approximate surface area is 360 Å². The molecule has 12 heteroatoms. The summed E-state index contributed by atoms with van der Waals surface area (Å²) in [4.78, 5) is 61.8. The van der Waals surface area contributed by atoms with Gasteiger partial charge in [-0.1, -0.05) is 57.5 Å². The van der Waals surface area contributed by atoms with Crippen molar-refractivity contribution in [2.24, 2.45) is 5.92 Å². The monoisotopic (exact) mass is 752 g/mol. The number of ether oxygens (including phenoxy) is 1. The molecule has 0 spiro atoms. The van der Waals surface area contributed by atoms with Crippen LogP contribution in [0.4, 0.5) is 5.69 Å². The number of carbonyl (C=O) groups excluding carboxylic acids is 5. The molecule has 1 aromatic carbocycles. The third kappa shape index (κ3) is 18.4. The molecule has 1 aromatic rings. The van der Waals surface area contributed by atoms with Crippen LogP contribution in [0.1, 0.15) is 83.6 Å². The molecule has 44 heavy (non-hydrogen) atoms. The second-order valence-electron chi connectivity index (χ2n) is 10.5. The zero-order chi connectivity index (χ0) is 30.7. The number of rotatable bonds is 21. The average molecular weight is 754 g/mol. The topological polar surface area (TPSA) is 138 Å². The van der Waals surface area contributed by atoms with Crippen LogP contribution < -0.4 is 122 Å². The van der Waals surface area contributed by atoms with Crippen LogP contribution in [0.5, 0.6) is 0 Å². The van der Waals surface area contributed by atoms with E-state index in [4.69, 9.17) is 4.74 Å². The Morgan fingerprint density at radius 2 is 1.70 bits per heavy atom. The Morgan fingerprint density at radius 3 is 2.32 bits per heavy atom. The molecule has 0 aliphatic carbocycles. The number of Topliss-reactive ketones (excluding diaryl/α,β-unsaturated/α-hetero) is 1. The van der Waals surface area contributed by atoms with Crippen molar-refractivity contribution in [2.75, 3.05) is 32.8 Å². The summed E-state index contributed by atoms with van der Waals surface area (Å²) in [5.41, 5.74) is 2.06. The number of hydrogen-bond donors (Lipinski definition) is 1. The van der Waals surface area contributed by atoms with Crippen LogP contribution in [0.25, 0.3) is 10.6 Å². The Bertz CT molecular complexity index is 1070. The van der Waals surface area contributed by atoms with Gasteiger partial charge in [0.1, 0.15) is 5.78 Å². The summed E-state index contributed by atoms with van der Waals surface area (Å²) in [6.07, 6.45) is 6.78. The largest absolute Gasteiger partial charge is 1.00 e. The van der Waals surface area contributed by atoms with Crippen LogP contribution in [0.3, 0.4) is 0 Å². The van der Waals surface area contributed by atoms with Crippen LogP contribution in [0.15, 0.2) is 36.5 Å². The van der Waals surface area contributed by atoms with Gasteiger partial charge >= 0.3 is 116 Å². The molecule has 0 aromatic heterocycles. The van der Waals surface area contributed by atoms with E-state index in [0.29, 0.717) is 50.4 Å². The van der Waals surface area contributed by atoms with E-state index in [9.17, 15) is 24.0 Å². The van der Waals surface area contributed by atoms with Crippen LogP contribution in [0.2, 0.25) is 0 Å². The van der Waals surface area contributed by atoms with E-state index in [2.05, 4.69) is 29.5 Å². The smallest absolute Gasteiger partial charge is 0.651 e. The van der Waals surface area contributed by atoms with E-state index >= 15 is 0 Å². The molecule has 1 N–H and O–H groups in total. The predicted molar refractivity (Wildman–Crippen MR) is 162 cm³/mol. The summed E-state index contributed by atoms with van der Waals surface area (Å²) in [5, 5.41) is 10.7. The first-order valence-electron chi connectivity index (χ1n) is 15.1. The maximum Gasteiger partial charge on any atom is 1.00 e. The number of nitrogens with zero attached hydrogens (tertiary/aromatic N) is 3. The summed E-state index contributed by atoms with van der Waals surface area (Å²) in [6.45, 7) is 9.86. The average Bonchev–Trinajstić information content (AvgIpc) is 2.95. The van der Waals surface area contributed by atoms with Gasteiger partial charge in [0.25, 0.3) is 0 Å². The quantitative estimate of drug-likeness (QED) is 0.130. The van der Waals surface area contributed by atoms with Crippen molar-refractivity contribution in [1.82, 2.24) is 10.2 Å². The Balaban J connectivity index is 0.00000924. The van der Waals surface area contributed by atoms with E-state index in [1.165, 1.54) is 0 Å². The van der Waals surface area contributed by atoms with Crippen LogP contribution in [-0.4, -0.2) is 67.2 Å². The SMILES string of the molecule is C=C1CCN1C(=O)Cc1ccc([N-]C(=O)CC(=O)[N-]CCOCCCC(=O)NCCCCC(CCC)C(=O)CC)cc1.[Rb+].[Rb+]. The van der Waals surface area contributed by atoms with E-state index < -0.39 is 18.2 Å². The second-order valence-corrected chi connectivity index (χ2v) is 10.5. The third-order valence-corrected chi connectivity index (χ3v) is 7.11. The second kappa shape index (κ2) is 26.1. The molecule has 1 aliphatic heterocycles. The van der Waals surface area contributed by atoms with E-state index in [0.717, 1.165) is 49.8 Å². The van der Waals surface area contributed by atoms with Gasteiger partial charge in [0.2, 0.25) is 11.8 Å².